The highest BCUT2D eigenvalue weighted by Gasteiger charge is 2.33. The van der Waals surface area contributed by atoms with E-state index in [0.717, 1.165) is 0 Å². The van der Waals surface area contributed by atoms with E-state index >= 15 is 0 Å². The fraction of sp³-hybridized carbons (Fsp3) is 0.619. The molecule has 3 rings (SSSR count). The number of benzene rings is 1. The largest absolute Gasteiger partial charge is 0.485 e. The van der Waals surface area contributed by atoms with Crippen LogP contribution < -0.4 is 9.47 Å². The Hall–Kier alpha value is -2.28. The molecule has 154 valence electrons. The molecular formula is C21H31N3O4. The van der Waals surface area contributed by atoms with E-state index in [1.807, 2.05) is 61.8 Å². The minimum atomic E-state index is -0.611. The molecule has 0 bridgehead atoms. The van der Waals surface area contributed by atoms with Crippen molar-refractivity contribution in [3.8, 4) is 11.5 Å². The van der Waals surface area contributed by atoms with Gasteiger partial charge in [0.2, 0.25) is 12.0 Å². The lowest BCUT2D eigenvalue weighted by Gasteiger charge is -2.38. The lowest BCUT2D eigenvalue weighted by molar-refractivity contribution is -0.143. The quantitative estimate of drug-likeness (QED) is 0.766. The maximum absolute atomic E-state index is 12.8. The summed E-state index contributed by atoms with van der Waals surface area (Å²) < 4.78 is 11.5. The van der Waals surface area contributed by atoms with E-state index in [9.17, 15) is 9.59 Å². The first-order valence-corrected chi connectivity index (χ1v) is 10.1. The molecule has 0 aromatic heterocycles. The fourth-order valence-corrected chi connectivity index (χ4v) is 3.92. The van der Waals surface area contributed by atoms with Crippen molar-refractivity contribution in [2.24, 2.45) is 0 Å². The van der Waals surface area contributed by atoms with Crippen molar-refractivity contribution in [3.63, 3.8) is 0 Å². The van der Waals surface area contributed by atoms with Gasteiger partial charge in [0.25, 0.3) is 5.91 Å². The van der Waals surface area contributed by atoms with Gasteiger partial charge in [0, 0.05) is 38.3 Å². The lowest BCUT2D eigenvalue weighted by atomic mass is 10.2. The van der Waals surface area contributed by atoms with Gasteiger partial charge in [-0.2, -0.15) is 0 Å². The van der Waals surface area contributed by atoms with Crippen LogP contribution in [0.1, 0.15) is 27.7 Å². The summed E-state index contributed by atoms with van der Waals surface area (Å²) >= 11 is 0. The van der Waals surface area contributed by atoms with Gasteiger partial charge in [0.05, 0.1) is 6.54 Å². The minimum Gasteiger partial charge on any atom is -0.485 e. The summed E-state index contributed by atoms with van der Waals surface area (Å²) in [6.07, 6.45) is -0.611. The number of amides is 2. The number of hydrogen-bond acceptors (Lipinski definition) is 5. The number of para-hydroxylation sites is 2. The number of nitrogens with zero attached hydrogens (tertiary/aromatic N) is 3. The molecule has 1 fully saturated rings. The zero-order chi connectivity index (χ0) is 20.3. The Balaban J connectivity index is 1.50. The summed E-state index contributed by atoms with van der Waals surface area (Å²) in [5.74, 6) is 1.38. The molecule has 0 spiro atoms. The van der Waals surface area contributed by atoms with Crippen molar-refractivity contribution in [2.45, 2.75) is 45.9 Å². The van der Waals surface area contributed by atoms with E-state index < -0.39 is 6.10 Å². The number of carbonyl (C=O) groups excluding carboxylic acids is 2. The molecule has 0 radical (unpaired) electrons. The Bertz CT molecular complexity index is 691. The molecular weight excluding hydrogens is 358 g/mol. The second-order valence-corrected chi connectivity index (χ2v) is 7.95. The Morgan fingerprint density at radius 1 is 1.04 bits per heavy atom. The van der Waals surface area contributed by atoms with Crippen LogP contribution in [-0.2, 0) is 9.59 Å². The molecule has 2 aliphatic rings. The first kappa shape index (κ1) is 20.5. The average Bonchev–Trinajstić information content (AvgIpc) is 2.67. The highest BCUT2D eigenvalue weighted by Crippen LogP contribution is 2.31. The Morgan fingerprint density at radius 3 is 2.25 bits per heavy atom. The smallest absolute Gasteiger partial charge is 0.267 e. The van der Waals surface area contributed by atoms with Crippen LogP contribution in [0.3, 0.4) is 0 Å². The van der Waals surface area contributed by atoms with Gasteiger partial charge in [0.1, 0.15) is 6.61 Å². The zero-order valence-corrected chi connectivity index (χ0v) is 17.3. The maximum atomic E-state index is 12.8. The standard InChI is InChI=1S/C21H31N3O4/c1-15(2)24(16(3)4)20(25)13-22-9-11-23(12-10-22)21(26)19-14-27-17-7-5-6-8-18(17)28-19/h5-8,15-16,19H,9-14H2,1-4H3/t19-/m1/s1. The third-order valence-electron chi connectivity index (χ3n) is 5.23. The summed E-state index contributed by atoms with van der Waals surface area (Å²) in [6.45, 7) is 11.3. The van der Waals surface area contributed by atoms with Crippen molar-refractivity contribution in [1.82, 2.24) is 14.7 Å². The van der Waals surface area contributed by atoms with E-state index in [0.29, 0.717) is 44.2 Å². The van der Waals surface area contributed by atoms with E-state index in [2.05, 4.69) is 4.90 Å². The lowest BCUT2D eigenvalue weighted by Crippen LogP contribution is -2.56. The molecule has 1 saturated heterocycles. The Kier molecular flexibility index (Phi) is 6.44. The summed E-state index contributed by atoms with van der Waals surface area (Å²) in [6, 6.07) is 7.76. The van der Waals surface area contributed by atoms with Crippen LogP contribution in [0.25, 0.3) is 0 Å². The van der Waals surface area contributed by atoms with Crippen LogP contribution >= 0.6 is 0 Å². The molecule has 2 amide bonds. The number of fused-ring (bicyclic) bond motifs is 1. The van der Waals surface area contributed by atoms with Gasteiger partial charge in [-0.3, -0.25) is 14.5 Å². The van der Waals surface area contributed by atoms with E-state index in [-0.39, 0.29) is 30.5 Å². The minimum absolute atomic E-state index is 0.0496. The highest BCUT2D eigenvalue weighted by molar-refractivity contribution is 5.82. The number of hydrogen-bond donors (Lipinski definition) is 0. The molecule has 1 aromatic carbocycles. The molecule has 7 nitrogen and oxygen atoms in total. The monoisotopic (exact) mass is 389 g/mol. The Morgan fingerprint density at radius 2 is 1.64 bits per heavy atom. The summed E-state index contributed by atoms with van der Waals surface area (Å²) in [4.78, 5) is 31.3. The molecule has 1 aromatic rings. The van der Waals surface area contributed by atoms with E-state index in [4.69, 9.17) is 9.47 Å². The van der Waals surface area contributed by atoms with Crippen molar-refractivity contribution in [3.05, 3.63) is 24.3 Å². The van der Waals surface area contributed by atoms with Crippen molar-refractivity contribution >= 4 is 11.8 Å². The zero-order valence-electron chi connectivity index (χ0n) is 17.3. The fourth-order valence-electron chi connectivity index (χ4n) is 3.92. The summed E-state index contributed by atoms with van der Waals surface area (Å²) in [7, 11) is 0. The first-order chi connectivity index (χ1) is 13.4. The molecule has 0 aliphatic carbocycles. The van der Waals surface area contributed by atoms with E-state index in [1.165, 1.54) is 0 Å². The highest BCUT2D eigenvalue weighted by atomic mass is 16.6. The molecule has 2 heterocycles. The van der Waals surface area contributed by atoms with Crippen molar-refractivity contribution in [2.75, 3.05) is 39.3 Å². The predicted octanol–water partition coefficient (Wildman–Crippen LogP) is 1.62. The van der Waals surface area contributed by atoms with Gasteiger partial charge in [-0.05, 0) is 39.8 Å². The number of carbonyl (C=O) groups is 2. The first-order valence-electron chi connectivity index (χ1n) is 10.1. The van der Waals surface area contributed by atoms with Gasteiger partial charge in [0.15, 0.2) is 11.5 Å². The van der Waals surface area contributed by atoms with Gasteiger partial charge in [-0.1, -0.05) is 12.1 Å². The number of piperazine rings is 1. The molecule has 2 aliphatic heterocycles. The van der Waals surface area contributed by atoms with Crippen LogP contribution in [0.5, 0.6) is 11.5 Å². The second kappa shape index (κ2) is 8.82. The van der Waals surface area contributed by atoms with Gasteiger partial charge < -0.3 is 19.3 Å². The predicted molar refractivity (Wildman–Crippen MR) is 106 cm³/mol. The molecule has 28 heavy (non-hydrogen) atoms. The van der Waals surface area contributed by atoms with Gasteiger partial charge in [-0.25, -0.2) is 0 Å². The topological polar surface area (TPSA) is 62.3 Å². The molecule has 0 saturated carbocycles. The normalized spacial score (nSPS) is 19.8. The van der Waals surface area contributed by atoms with Crippen LogP contribution in [0.2, 0.25) is 0 Å². The third-order valence-corrected chi connectivity index (χ3v) is 5.23. The van der Waals surface area contributed by atoms with Crippen LogP contribution in [-0.4, -0.2) is 84.0 Å². The van der Waals surface area contributed by atoms with Gasteiger partial charge in [-0.15, -0.1) is 0 Å². The second-order valence-electron chi connectivity index (χ2n) is 7.95. The van der Waals surface area contributed by atoms with Crippen LogP contribution in [0.4, 0.5) is 0 Å². The summed E-state index contributed by atoms with van der Waals surface area (Å²) in [5.41, 5.74) is 0. The van der Waals surface area contributed by atoms with Gasteiger partial charge >= 0.3 is 0 Å². The maximum Gasteiger partial charge on any atom is 0.267 e. The SMILES string of the molecule is CC(C)N(C(=O)CN1CCN(C(=O)[C@H]2COc3ccccc3O2)CC1)C(C)C. The molecule has 0 unspecified atom stereocenters. The molecule has 0 N–H and O–H groups in total. The number of rotatable bonds is 5. The molecule has 1 atom stereocenters. The Labute approximate surface area is 167 Å². The van der Waals surface area contributed by atoms with Crippen molar-refractivity contribution in [1.29, 1.82) is 0 Å². The average molecular weight is 389 g/mol. The van der Waals surface area contributed by atoms with E-state index in [1.54, 1.807) is 0 Å². The summed E-state index contributed by atoms with van der Waals surface area (Å²) in [5, 5.41) is 0. The van der Waals surface area contributed by atoms with Crippen molar-refractivity contribution < 1.29 is 19.1 Å². The molecule has 7 heteroatoms. The van der Waals surface area contributed by atoms with Crippen LogP contribution in [0, 0.1) is 0 Å². The third kappa shape index (κ3) is 4.58. The number of ether oxygens (including phenoxy) is 2. The van der Waals surface area contributed by atoms with Crippen LogP contribution in [0.15, 0.2) is 24.3 Å².